The largest absolute Gasteiger partial charge is 0.447 e. The van der Waals surface area contributed by atoms with Crippen LogP contribution in [0.1, 0.15) is 26.7 Å². The Hall–Kier alpha value is -0.770. The topological polar surface area (TPSA) is 32.8 Å². The maximum absolute atomic E-state index is 11.8. The van der Waals surface area contributed by atoms with Crippen molar-refractivity contribution in [2.75, 3.05) is 26.7 Å². The third kappa shape index (κ3) is 2.17. The van der Waals surface area contributed by atoms with Gasteiger partial charge in [0.2, 0.25) is 0 Å². The quantitative estimate of drug-likeness (QED) is 0.716. The van der Waals surface area contributed by atoms with Gasteiger partial charge in [-0.05, 0) is 38.9 Å². The number of rotatable bonds is 2. The van der Waals surface area contributed by atoms with Gasteiger partial charge in [-0.3, -0.25) is 4.90 Å². The molecule has 0 N–H and O–H groups in total. The zero-order valence-corrected chi connectivity index (χ0v) is 10.5. The molecule has 0 aromatic heterocycles. The number of carbonyl (C=O) groups excluding carboxylic acids is 1. The average Bonchev–Trinajstić information content (AvgIpc) is 2.62. The van der Waals surface area contributed by atoms with Crippen molar-refractivity contribution < 1.29 is 9.53 Å². The van der Waals surface area contributed by atoms with Crippen molar-refractivity contribution >= 4 is 6.09 Å². The van der Waals surface area contributed by atoms with Crippen LogP contribution in [0.25, 0.3) is 0 Å². The second kappa shape index (κ2) is 4.62. The van der Waals surface area contributed by atoms with Gasteiger partial charge in [0.05, 0.1) is 6.04 Å². The Labute approximate surface area is 97.5 Å². The summed E-state index contributed by atoms with van der Waals surface area (Å²) in [6, 6.07) is 0.666. The molecule has 1 amide bonds. The van der Waals surface area contributed by atoms with Crippen molar-refractivity contribution in [3.05, 3.63) is 0 Å². The fraction of sp³-hybridized carbons (Fsp3) is 0.917. The monoisotopic (exact) mass is 226 g/mol. The number of likely N-dealkylation sites (tertiary alicyclic amines) is 1. The second-order valence-electron chi connectivity index (χ2n) is 5.33. The first kappa shape index (κ1) is 11.7. The average molecular weight is 226 g/mol. The highest BCUT2D eigenvalue weighted by Gasteiger charge is 2.40. The number of hydrogen-bond acceptors (Lipinski definition) is 3. The van der Waals surface area contributed by atoms with E-state index in [-0.39, 0.29) is 12.1 Å². The van der Waals surface area contributed by atoms with E-state index >= 15 is 0 Å². The number of cyclic esters (lactones) is 1. The lowest BCUT2D eigenvalue weighted by molar-refractivity contribution is 0.106. The summed E-state index contributed by atoms with van der Waals surface area (Å²) in [7, 11) is 2.14. The van der Waals surface area contributed by atoms with Gasteiger partial charge in [0.15, 0.2) is 0 Å². The number of nitrogens with zero attached hydrogens (tertiary/aromatic N) is 2. The van der Waals surface area contributed by atoms with Gasteiger partial charge in [0.25, 0.3) is 0 Å². The molecule has 1 atom stereocenters. The zero-order chi connectivity index (χ0) is 11.7. The van der Waals surface area contributed by atoms with E-state index in [9.17, 15) is 4.79 Å². The number of ether oxygens (including phenoxy) is 1. The summed E-state index contributed by atoms with van der Waals surface area (Å²) in [6.45, 7) is 7.06. The van der Waals surface area contributed by atoms with Gasteiger partial charge in [0, 0.05) is 6.04 Å². The van der Waals surface area contributed by atoms with Crippen molar-refractivity contribution in [1.82, 2.24) is 9.80 Å². The van der Waals surface area contributed by atoms with E-state index in [1.54, 1.807) is 0 Å². The summed E-state index contributed by atoms with van der Waals surface area (Å²) in [6.07, 6.45) is 2.05. The minimum Gasteiger partial charge on any atom is -0.447 e. The fourth-order valence-corrected chi connectivity index (χ4v) is 2.65. The van der Waals surface area contributed by atoms with Crippen molar-refractivity contribution in [2.24, 2.45) is 5.92 Å². The Morgan fingerprint density at radius 2 is 1.94 bits per heavy atom. The molecular formula is C12H22N2O2. The summed E-state index contributed by atoms with van der Waals surface area (Å²) < 4.78 is 5.19. The first-order chi connectivity index (χ1) is 7.59. The molecule has 0 aliphatic carbocycles. The molecule has 4 heteroatoms. The standard InChI is InChI=1S/C12H22N2O2/c1-9(2)11-8-16-12(15)14(11)10-4-6-13(3)7-5-10/h9-11H,4-8H2,1-3H3. The molecule has 1 unspecified atom stereocenters. The van der Waals surface area contributed by atoms with Gasteiger partial charge in [-0.25, -0.2) is 4.79 Å². The summed E-state index contributed by atoms with van der Waals surface area (Å²) >= 11 is 0. The van der Waals surface area contributed by atoms with Crippen molar-refractivity contribution in [2.45, 2.75) is 38.8 Å². The molecule has 0 aromatic rings. The van der Waals surface area contributed by atoms with Crippen molar-refractivity contribution in [3.63, 3.8) is 0 Å². The molecular weight excluding hydrogens is 204 g/mol. The number of piperidine rings is 1. The van der Waals surface area contributed by atoms with Crippen LogP contribution in [0.4, 0.5) is 4.79 Å². The summed E-state index contributed by atoms with van der Waals surface area (Å²) in [5, 5.41) is 0. The van der Waals surface area contributed by atoms with E-state index in [0.717, 1.165) is 25.9 Å². The molecule has 16 heavy (non-hydrogen) atoms. The molecule has 2 aliphatic heterocycles. The highest BCUT2D eigenvalue weighted by molar-refractivity contribution is 5.70. The van der Waals surface area contributed by atoms with Crippen molar-refractivity contribution in [3.8, 4) is 0 Å². The van der Waals surface area contributed by atoms with Crippen LogP contribution in [0.2, 0.25) is 0 Å². The molecule has 2 fully saturated rings. The van der Waals surface area contributed by atoms with Crippen LogP contribution in [-0.2, 0) is 4.74 Å². The molecule has 0 saturated carbocycles. The van der Waals surface area contributed by atoms with E-state index in [4.69, 9.17) is 4.74 Å². The van der Waals surface area contributed by atoms with Gasteiger partial charge < -0.3 is 9.64 Å². The maximum atomic E-state index is 11.8. The Kier molecular flexibility index (Phi) is 3.38. The van der Waals surface area contributed by atoms with E-state index in [1.807, 2.05) is 4.90 Å². The van der Waals surface area contributed by atoms with Gasteiger partial charge in [0.1, 0.15) is 6.61 Å². The number of amides is 1. The summed E-state index contributed by atoms with van der Waals surface area (Å²) in [4.78, 5) is 16.1. The van der Waals surface area contributed by atoms with Crippen LogP contribution in [0, 0.1) is 5.92 Å². The molecule has 0 aromatic carbocycles. The second-order valence-corrected chi connectivity index (χ2v) is 5.33. The molecule has 92 valence electrons. The van der Waals surface area contributed by atoms with Crippen LogP contribution in [0.5, 0.6) is 0 Å². The van der Waals surface area contributed by atoms with E-state index in [1.165, 1.54) is 0 Å². The molecule has 2 rings (SSSR count). The van der Waals surface area contributed by atoms with E-state index in [2.05, 4.69) is 25.8 Å². The van der Waals surface area contributed by atoms with Gasteiger partial charge in [-0.1, -0.05) is 13.8 Å². The van der Waals surface area contributed by atoms with Crippen LogP contribution in [-0.4, -0.2) is 54.7 Å². The third-order valence-corrected chi connectivity index (χ3v) is 3.80. The van der Waals surface area contributed by atoms with E-state index in [0.29, 0.717) is 18.6 Å². The summed E-state index contributed by atoms with van der Waals surface area (Å²) in [5.74, 6) is 0.478. The molecule has 4 nitrogen and oxygen atoms in total. The first-order valence-electron chi connectivity index (χ1n) is 6.23. The molecule has 2 aliphatic rings. The lowest BCUT2D eigenvalue weighted by Crippen LogP contribution is -2.49. The minimum absolute atomic E-state index is 0.103. The van der Waals surface area contributed by atoms with Gasteiger partial charge >= 0.3 is 6.09 Å². The maximum Gasteiger partial charge on any atom is 0.410 e. The van der Waals surface area contributed by atoms with Crippen LogP contribution < -0.4 is 0 Å². The lowest BCUT2D eigenvalue weighted by Gasteiger charge is -2.37. The smallest absolute Gasteiger partial charge is 0.410 e. The third-order valence-electron chi connectivity index (χ3n) is 3.80. The Morgan fingerprint density at radius 3 is 2.50 bits per heavy atom. The zero-order valence-electron chi connectivity index (χ0n) is 10.5. The molecule has 0 spiro atoms. The minimum atomic E-state index is -0.103. The molecule has 0 radical (unpaired) electrons. The molecule has 2 heterocycles. The normalized spacial score (nSPS) is 28.9. The number of carbonyl (C=O) groups is 1. The highest BCUT2D eigenvalue weighted by Crippen LogP contribution is 2.26. The predicted octanol–water partition coefficient (Wildman–Crippen LogP) is 1.56. The molecule has 2 saturated heterocycles. The summed E-state index contributed by atoms with van der Waals surface area (Å²) in [5.41, 5.74) is 0. The number of hydrogen-bond donors (Lipinski definition) is 0. The van der Waals surface area contributed by atoms with Crippen LogP contribution >= 0.6 is 0 Å². The molecule has 0 bridgehead atoms. The van der Waals surface area contributed by atoms with Gasteiger partial charge in [-0.2, -0.15) is 0 Å². The van der Waals surface area contributed by atoms with E-state index < -0.39 is 0 Å². The predicted molar refractivity (Wildman–Crippen MR) is 62.3 cm³/mol. The fourth-order valence-electron chi connectivity index (χ4n) is 2.65. The van der Waals surface area contributed by atoms with Crippen LogP contribution in [0.3, 0.4) is 0 Å². The Morgan fingerprint density at radius 1 is 1.31 bits per heavy atom. The SMILES string of the molecule is CC(C)C1COC(=O)N1C1CCN(C)CC1. The van der Waals surface area contributed by atoms with Gasteiger partial charge in [-0.15, -0.1) is 0 Å². The lowest BCUT2D eigenvalue weighted by atomic mass is 9.98. The highest BCUT2D eigenvalue weighted by atomic mass is 16.6. The Balaban J connectivity index is 2.03. The first-order valence-corrected chi connectivity index (χ1v) is 6.23. The van der Waals surface area contributed by atoms with Crippen molar-refractivity contribution in [1.29, 1.82) is 0 Å². The Bertz CT molecular complexity index is 260. The van der Waals surface area contributed by atoms with Crippen LogP contribution in [0.15, 0.2) is 0 Å².